The van der Waals surface area contributed by atoms with Gasteiger partial charge in [0, 0.05) is 6.42 Å². The molecule has 1 N–H and O–H groups in total. The normalized spacial score (nSPS) is 17.5. The van der Waals surface area contributed by atoms with Gasteiger partial charge in [0.2, 0.25) is 0 Å². The summed E-state index contributed by atoms with van der Waals surface area (Å²) in [5.41, 5.74) is 0.0624. The van der Waals surface area contributed by atoms with Crippen LogP contribution in [0.25, 0.3) is 0 Å². The zero-order valence-corrected chi connectivity index (χ0v) is 13.1. The van der Waals surface area contributed by atoms with Crippen LogP contribution in [0, 0.1) is 0 Å². The van der Waals surface area contributed by atoms with E-state index in [0.29, 0.717) is 12.1 Å². The molecule has 0 saturated carbocycles. The molecule has 22 heavy (non-hydrogen) atoms. The van der Waals surface area contributed by atoms with Crippen molar-refractivity contribution >= 4 is 18.0 Å². The highest BCUT2D eigenvalue weighted by molar-refractivity contribution is 5.86. The number of ether oxygens (including phenoxy) is 2. The van der Waals surface area contributed by atoms with Gasteiger partial charge in [-0.05, 0) is 20.8 Å². The van der Waals surface area contributed by atoms with Gasteiger partial charge < -0.3 is 14.8 Å². The molecular weight excluding hydrogens is 290 g/mol. The summed E-state index contributed by atoms with van der Waals surface area (Å²) in [7, 11) is 1.27. The molecule has 2 heterocycles. The Morgan fingerprint density at radius 1 is 1.45 bits per heavy atom. The minimum Gasteiger partial charge on any atom is -0.467 e. The maximum Gasteiger partial charge on any atom is 0.414 e. The van der Waals surface area contributed by atoms with Crippen molar-refractivity contribution in [3.05, 3.63) is 18.2 Å². The second-order valence-electron chi connectivity index (χ2n) is 6.09. The lowest BCUT2D eigenvalue weighted by Gasteiger charge is -2.18. The summed E-state index contributed by atoms with van der Waals surface area (Å²) in [4.78, 5) is 35.3. The van der Waals surface area contributed by atoms with E-state index in [1.54, 1.807) is 31.5 Å². The number of hydrogen-bond acceptors (Lipinski definition) is 5. The lowest BCUT2D eigenvalue weighted by Crippen LogP contribution is -2.49. The van der Waals surface area contributed by atoms with E-state index in [9.17, 15) is 14.4 Å². The number of rotatable bonds is 3. The van der Waals surface area contributed by atoms with Crippen LogP contribution >= 0.6 is 0 Å². The molecule has 1 aliphatic rings. The molecule has 1 atom stereocenters. The average molecular weight is 310 g/mol. The molecule has 0 fully saturated rings. The first-order valence-electron chi connectivity index (χ1n) is 6.90. The molecule has 1 aromatic rings. The Kier molecular flexibility index (Phi) is 4.20. The molecule has 0 radical (unpaired) electrons. The molecule has 0 bridgehead atoms. The number of imidazole rings is 1. The van der Waals surface area contributed by atoms with Gasteiger partial charge in [-0.3, -0.25) is 0 Å². The number of fused-ring (bicyclic) bond motifs is 1. The maximum absolute atomic E-state index is 12.0. The smallest absolute Gasteiger partial charge is 0.414 e. The standard InChI is InChI=1S/C14H19N3O5/c1-14(2,3)22-11(18)7-16-6-9-5-10(12(19)21-4)15-13(20)17(9)8-16/h6,8,10H,5,7H2,1-4H3/p+1. The highest BCUT2D eigenvalue weighted by Crippen LogP contribution is 2.10. The molecular formula is C14H20N3O5+. The first-order valence-corrected chi connectivity index (χ1v) is 6.90. The number of carbonyl (C=O) groups excluding carboxylic acids is 3. The van der Waals surface area contributed by atoms with Crippen LogP contribution < -0.4 is 9.88 Å². The highest BCUT2D eigenvalue weighted by atomic mass is 16.6. The molecule has 120 valence electrons. The van der Waals surface area contributed by atoms with Crippen LogP contribution in [-0.2, 0) is 32.0 Å². The largest absolute Gasteiger partial charge is 0.467 e. The van der Waals surface area contributed by atoms with Crippen LogP contribution in [0.2, 0.25) is 0 Å². The topological polar surface area (TPSA) is 90.5 Å². The van der Waals surface area contributed by atoms with Gasteiger partial charge in [-0.15, -0.1) is 4.57 Å². The Morgan fingerprint density at radius 2 is 2.14 bits per heavy atom. The van der Waals surface area contributed by atoms with Gasteiger partial charge in [0.25, 0.3) is 6.33 Å². The summed E-state index contributed by atoms with van der Waals surface area (Å²) in [5, 5.41) is 2.55. The SMILES string of the molecule is COC(=O)C1Cc2c[n+](CC(=O)OC(C)(C)C)cn2C(=O)N1. The molecule has 0 spiro atoms. The van der Waals surface area contributed by atoms with Crippen LogP contribution in [-0.4, -0.2) is 41.3 Å². The fraction of sp³-hybridized carbons (Fsp3) is 0.571. The minimum atomic E-state index is -0.713. The first kappa shape index (κ1) is 16.0. The number of amides is 1. The van der Waals surface area contributed by atoms with Gasteiger partial charge in [-0.2, -0.15) is 0 Å². The van der Waals surface area contributed by atoms with Crippen LogP contribution in [0.15, 0.2) is 12.5 Å². The third kappa shape index (κ3) is 3.63. The number of aromatic nitrogens is 2. The van der Waals surface area contributed by atoms with Crippen molar-refractivity contribution in [2.45, 2.75) is 45.4 Å². The number of carbonyl (C=O) groups is 3. The molecule has 1 aliphatic heterocycles. The maximum atomic E-state index is 12.0. The van der Waals surface area contributed by atoms with Gasteiger partial charge in [0.1, 0.15) is 17.8 Å². The Labute approximate surface area is 128 Å². The van der Waals surface area contributed by atoms with Gasteiger partial charge in [0.05, 0.1) is 7.11 Å². The summed E-state index contributed by atoms with van der Waals surface area (Å²) in [6.45, 7) is 5.35. The lowest BCUT2D eigenvalue weighted by molar-refractivity contribution is -0.685. The van der Waals surface area contributed by atoms with Crippen molar-refractivity contribution in [3.8, 4) is 0 Å². The van der Waals surface area contributed by atoms with Crippen molar-refractivity contribution in [3.63, 3.8) is 0 Å². The predicted octanol–water partition coefficient (Wildman–Crippen LogP) is -0.227. The summed E-state index contributed by atoms with van der Waals surface area (Å²) < 4.78 is 12.8. The average Bonchev–Trinajstić information content (AvgIpc) is 2.78. The quantitative estimate of drug-likeness (QED) is 0.615. The van der Waals surface area contributed by atoms with Gasteiger partial charge in [-0.1, -0.05) is 0 Å². The number of methoxy groups -OCH3 is 1. The number of hydrogen-bond donors (Lipinski definition) is 1. The van der Waals surface area contributed by atoms with Gasteiger partial charge >= 0.3 is 18.0 Å². The second kappa shape index (κ2) is 5.78. The molecule has 2 rings (SSSR count). The predicted molar refractivity (Wildman–Crippen MR) is 73.9 cm³/mol. The Morgan fingerprint density at radius 3 is 2.73 bits per heavy atom. The van der Waals surface area contributed by atoms with Crippen molar-refractivity contribution in [1.29, 1.82) is 0 Å². The molecule has 8 nitrogen and oxygen atoms in total. The third-order valence-electron chi connectivity index (χ3n) is 3.04. The minimum absolute atomic E-state index is 0.00651. The summed E-state index contributed by atoms with van der Waals surface area (Å²) in [6.07, 6.45) is 3.46. The van der Waals surface area contributed by atoms with E-state index < -0.39 is 29.6 Å². The fourth-order valence-corrected chi connectivity index (χ4v) is 2.22. The Balaban J connectivity index is 2.12. The van der Waals surface area contributed by atoms with E-state index in [2.05, 4.69) is 10.1 Å². The van der Waals surface area contributed by atoms with E-state index in [1.807, 2.05) is 0 Å². The van der Waals surface area contributed by atoms with Crippen molar-refractivity contribution in [2.75, 3.05) is 7.11 Å². The summed E-state index contributed by atoms with van der Waals surface area (Å²) in [5.74, 6) is -0.898. The van der Waals surface area contributed by atoms with Gasteiger partial charge in [-0.25, -0.2) is 19.0 Å². The molecule has 0 aliphatic carbocycles. The van der Waals surface area contributed by atoms with E-state index >= 15 is 0 Å². The molecule has 8 heteroatoms. The van der Waals surface area contributed by atoms with Crippen LogP contribution in [0.5, 0.6) is 0 Å². The van der Waals surface area contributed by atoms with E-state index in [4.69, 9.17) is 4.74 Å². The zero-order chi connectivity index (χ0) is 16.5. The van der Waals surface area contributed by atoms with Crippen molar-refractivity contribution in [2.24, 2.45) is 0 Å². The van der Waals surface area contributed by atoms with Crippen LogP contribution in [0.4, 0.5) is 4.79 Å². The first-order chi connectivity index (χ1) is 10.2. The molecule has 0 saturated heterocycles. The molecule has 1 amide bonds. The second-order valence-corrected chi connectivity index (χ2v) is 6.09. The highest BCUT2D eigenvalue weighted by Gasteiger charge is 2.35. The summed E-state index contributed by atoms with van der Waals surface area (Å²) >= 11 is 0. The van der Waals surface area contributed by atoms with E-state index in [0.717, 1.165) is 0 Å². The third-order valence-corrected chi connectivity index (χ3v) is 3.04. The Bertz CT molecular complexity index is 614. The zero-order valence-electron chi connectivity index (χ0n) is 13.1. The van der Waals surface area contributed by atoms with Crippen LogP contribution in [0.1, 0.15) is 26.5 Å². The van der Waals surface area contributed by atoms with Crippen molar-refractivity contribution < 1.29 is 28.4 Å². The number of nitrogens with zero attached hydrogens (tertiary/aromatic N) is 2. The lowest BCUT2D eigenvalue weighted by atomic mass is 10.1. The summed E-state index contributed by atoms with van der Waals surface area (Å²) in [6, 6.07) is -1.14. The molecule has 0 aromatic carbocycles. The van der Waals surface area contributed by atoms with Crippen LogP contribution in [0.3, 0.4) is 0 Å². The number of esters is 2. The van der Waals surface area contributed by atoms with E-state index in [1.165, 1.54) is 18.0 Å². The Hall–Kier alpha value is -2.38. The molecule has 1 aromatic heterocycles. The van der Waals surface area contributed by atoms with Crippen molar-refractivity contribution in [1.82, 2.24) is 9.88 Å². The molecule has 1 unspecified atom stereocenters. The number of nitrogens with one attached hydrogen (secondary N) is 1. The van der Waals surface area contributed by atoms with E-state index in [-0.39, 0.29) is 6.54 Å². The monoisotopic (exact) mass is 310 g/mol. The van der Waals surface area contributed by atoms with Gasteiger partial charge in [0.15, 0.2) is 12.2 Å². The fourth-order valence-electron chi connectivity index (χ4n) is 2.22.